The fourth-order valence-electron chi connectivity index (χ4n) is 1.20. The van der Waals surface area contributed by atoms with Gasteiger partial charge in [0, 0.05) is 12.3 Å². The normalized spacial score (nSPS) is 10.2. The van der Waals surface area contributed by atoms with Crippen LogP contribution in [0, 0.1) is 6.92 Å². The molecule has 0 amide bonds. The maximum atomic E-state index is 5.83. The maximum Gasteiger partial charge on any atom is 0.174 e. The quantitative estimate of drug-likeness (QED) is 0.443. The average molecular weight is 250 g/mol. The number of hydrogen-bond acceptors (Lipinski definition) is 3. The first-order valence-corrected chi connectivity index (χ1v) is 5.37. The highest BCUT2D eigenvalue weighted by Gasteiger charge is 2.05. The second kappa shape index (κ2) is 4.38. The molecule has 0 fully saturated rings. The number of thioether (sulfide) groups is 1. The van der Waals surface area contributed by atoms with E-state index in [2.05, 4.69) is 9.97 Å². The van der Waals surface area contributed by atoms with Gasteiger partial charge in [-0.05, 0) is 13.2 Å². The molecule has 2 heterocycles. The average Bonchev–Trinajstić information content (AvgIpc) is 2.43. The van der Waals surface area contributed by atoms with Crippen molar-refractivity contribution in [3.05, 3.63) is 23.1 Å². The van der Waals surface area contributed by atoms with E-state index >= 15 is 0 Å². The molecule has 0 atom stereocenters. The van der Waals surface area contributed by atoms with Crippen molar-refractivity contribution in [1.82, 2.24) is 14.4 Å². The lowest BCUT2D eigenvalue weighted by Gasteiger charge is -2.00. The lowest BCUT2D eigenvalue weighted by molar-refractivity contribution is 0.905. The van der Waals surface area contributed by atoms with Gasteiger partial charge < -0.3 is 0 Å². The van der Waals surface area contributed by atoms with Crippen LogP contribution >= 0.6 is 35.8 Å². The Morgan fingerprint density at radius 2 is 2.14 bits per heavy atom. The van der Waals surface area contributed by atoms with Gasteiger partial charge in [0.05, 0.1) is 5.69 Å². The van der Waals surface area contributed by atoms with E-state index in [1.807, 2.05) is 23.8 Å². The monoisotopic (exact) mass is 249 g/mol. The zero-order valence-corrected chi connectivity index (χ0v) is 10.1. The number of rotatable bonds is 1. The van der Waals surface area contributed by atoms with Crippen LogP contribution in [0.5, 0.6) is 0 Å². The molecular formula is C8H9Cl2N3S. The van der Waals surface area contributed by atoms with Crippen molar-refractivity contribution >= 4 is 41.4 Å². The van der Waals surface area contributed by atoms with E-state index in [0.29, 0.717) is 5.15 Å². The van der Waals surface area contributed by atoms with Crippen LogP contribution in [0.4, 0.5) is 0 Å². The van der Waals surface area contributed by atoms with Gasteiger partial charge in [-0.2, -0.15) is 0 Å². The minimum absolute atomic E-state index is 0. The smallest absolute Gasteiger partial charge is 0.174 e. The maximum absolute atomic E-state index is 5.83. The lowest BCUT2D eigenvalue weighted by atomic mass is 10.6. The third kappa shape index (κ3) is 1.97. The summed E-state index contributed by atoms with van der Waals surface area (Å²) < 4.78 is 1.94. The third-order valence-corrected chi connectivity index (χ3v) is 2.54. The molecule has 0 N–H and O–H groups in total. The summed E-state index contributed by atoms with van der Waals surface area (Å²) >= 11 is 7.39. The molecule has 0 radical (unpaired) electrons. The first-order valence-electron chi connectivity index (χ1n) is 3.77. The van der Waals surface area contributed by atoms with Crippen LogP contribution in [-0.4, -0.2) is 20.6 Å². The molecule has 0 saturated heterocycles. The minimum atomic E-state index is 0. The van der Waals surface area contributed by atoms with E-state index in [1.54, 1.807) is 17.8 Å². The molecule has 76 valence electrons. The van der Waals surface area contributed by atoms with Gasteiger partial charge in [-0.15, -0.1) is 12.4 Å². The topological polar surface area (TPSA) is 30.2 Å². The summed E-state index contributed by atoms with van der Waals surface area (Å²) in [6.45, 7) is 1.95. The minimum Gasteiger partial charge on any atom is -0.278 e. The molecule has 2 aromatic heterocycles. The molecule has 0 aliphatic carbocycles. The van der Waals surface area contributed by atoms with Crippen molar-refractivity contribution in [2.24, 2.45) is 0 Å². The zero-order chi connectivity index (χ0) is 9.42. The van der Waals surface area contributed by atoms with Crippen LogP contribution < -0.4 is 0 Å². The molecule has 2 rings (SSSR count). The summed E-state index contributed by atoms with van der Waals surface area (Å²) in [4.78, 5) is 8.49. The van der Waals surface area contributed by atoms with Crippen molar-refractivity contribution < 1.29 is 0 Å². The van der Waals surface area contributed by atoms with Crippen LogP contribution in [0.2, 0.25) is 5.15 Å². The highest BCUT2D eigenvalue weighted by atomic mass is 35.5. The van der Waals surface area contributed by atoms with E-state index < -0.39 is 0 Å². The number of aryl methyl sites for hydroxylation is 1. The van der Waals surface area contributed by atoms with Gasteiger partial charge in [0.15, 0.2) is 5.16 Å². The van der Waals surface area contributed by atoms with Crippen molar-refractivity contribution in [3.63, 3.8) is 0 Å². The van der Waals surface area contributed by atoms with E-state index in [9.17, 15) is 0 Å². The first kappa shape index (κ1) is 11.6. The zero-order valence-electron chi connectivity index (χ0n) is 7.69. The van der Waals surface area contributed by atoms with Gasteiger partial charge in [-0.1, -0.05) is 23.4 Å². The second-order valence-electron chi connectivity index (χ2n) is 2.68. The molecule has 2 aromatic rings. The van der Waals surface area contributed by atoms with Crippen LogP contribution in [0.3, 0.4) is 0 Å². The van der Waals surface area contributed by atoms with Crippen molar-refractivity contribution in [2.75, 3.05) is 6.26 Å². The molecule has 0 aromatic carbocycles. The van der Waals surface area contributed by atoms with Crippen molar-refractivity contribution in [1.29, 1.82) is 0 Å². The predicted molar refractivity (Wildman–Crippen MR) is 61.8 cm³/mol. The van der Waals surface area contributed by atoms with Crippen molar-refractivity contribution in [3.8, 4) is 0 Å². The van der Waals surface area contributed by atoms with Crippen LogP contribution in [0.1, 0.15) is 5.69 Å². The van der Waals surface area contributed by atoms with Crippen molar-refractivity contribution in [2.45, 2.75) is 12.1 Å². The summed E-state index contributed by atoms with van der Waals surface area (Å²) in [6, 6.07) is 1.76. The summed E-state index contributed by atoms with van der Waals surface area (Å²) in [7, 11) is 0. The van der Waals surface area contributed by atoms with Crippen LogP contribution in [0.25, 0.3) is 5.65 Å². The molecule has 3 nitrogen and oxygen atoms in total. The molecule has 0 aliphatic rings. The van der Waals surface area contributed by atoms with E-state index in [-0.39, 0.29) is 12.4 Å². The van der Waals surface area contributed by atoms with Gasteiger partial charge in [0.2, 0.25) is 0 Å². The number of aromatic nitrogens is 3. The summed E-state index contributed by atoms with van der Waals surface area (Å²) in [5.74, 6) is 0. The Labute approximate surface area is 97.3 Å². The fraction of sp³-hybridized carbons (Fsp3) is 0.250. The molecule has 0 spiro atoms. The molecule has 0 unspecified atom stereocenters. The first-order chi connectivity index (χ1) is 6.20. The largest absolute Gasteiger partial charge is 0.278 e. The Bertz CT molecular complexity index is 455. The Morgan fingerprint density at radius 1 is 1.43 bits per heavy atom. The van der Waals surface area contributed by atoms with E-state index in [0.717, 1.165) is 16.5 Å². The summed E-state index contributed by atoms with van der Waals surface area (Å²) in [5, 5.41) is 1.35. The van der Waals surface area contributed by atoms with Gasteiger partial charge in [-0.25, -0.2) is 9.97 Å². The third-order valence-electron chi connectivity index (χ3n) is 1.69. The molecular weight excluding hydrogens is 241 g/mol. The van der Waals surface area contributed by atoms with Gasteiger partial charge >= 0.3 is 0 Å². The summed E-state index contributed by atoms with van der Waals surface area (Å²) in [5.41, 5.74) is 1.82. The van der Waals surface area contributed by atoms with Gasteiger partial charge in [0.25, 0.3) is 0 Å². The molecule has 0 bridgehead atoms. The fourth-order valence-corrected chi connectivity index (χ4v) is 1.96. The SMILES string of the molecule is CSc1nc(Cl)cc2nc(C)cn12.Cl. The lowest BCUT2D eigenvalue weighted by Crippen LogP contribution is -1.92. The second-order valence-corrected chi connectivity index (χ2v) is 3.84. The Morgan fingerprint density at radius 3 is 2.79 bits per heavy atom. The number of halogens is 2. The highest BCUT2D eigenvalue weighted by Crippen LogP contribution is 2.18. The molecule has 0 saturated carbocycles. The molecule has 0 aliphatic heterocycles. The molecule has 6 heteroatoms. The molecule has 14 heavy (non-hydrogen) atoms. The number of nitrogens with zero attached hydrogens (tertiary/aromatic N) is 3. The predicted octanol–water partition coefficient (Wildman–Crippen LogP) is 2.83. The summed E-state index contributed by atoms with van der Waals surface area (Å²) in [6.07, 6.45) is 3.91. The Kier molecular flexibility index (Phi) is 3.64. The number of imidazole rings is 1. The van der Waals surface area contributed by atoms with Crippen LogP contribution in [-0.2, 0) is 0 Å². The number of hydrogen-bond donors (Lipinski definition) is 0. The van der Waals surface area contributed by atoms with Crippen LogP contribution in [0.15, 0.2) is 17.4 Å². The Balaban J connectivity index is 0.000000980. The van der Waals surface area contributed by atoms with E-state index in [4.69, 9.17) is 11.6 Å². The van der Waals surface area contributed by atoms with Gasteiger partial charge in [-0.3, -0.25) is 4.40 Å². The van der Waals surface area contributed by atoms with Gasteiger partial charge in [0.1, 0.15) is 10.8 Å². The highest BCUT2D eigenvalue weighted by molar-refractivity contribution is 7.98. The Hall–Kier alpha value is -0.450. The number of fused-ring (bicyclic) bond motifs is 1. The standard InChI is InChI=1S/C8H8ClN3S.ClH/c1-5-4-12-7(10-5)3-6(9)11-8(12)13-2;/h3-4H,1-2H3;1H. The van der Waals surface area contributed by atoms with E-state index in [1.165, 1.54) is 0 Å².